The molecule has 0 aliphatic carbocycles. The maximum absolute atomic E-state index is 12.9. The smallest absolute Gasteiger partial charge is 0.295 e. The maximum Gasteiger partial charge on any atom is 0.295 e. The van der Waals surface area contributed by atoms with Gasteiger partial charge >= 0.3 is 0 Å². The van der Waals surface area contributed by atoms with E-state index in [0.717, 1.165) is 11.4 Å². The Hall–Kier alpha value is -2.77. The molecule has 0 radical (unpaired) electrons. The van der Waals surface area contributed by atoms with Crippen molar-refractivity contribution in [3.05, 3.63) is 71.0 Å². The molecular formula is C19H16ClN3O3S. The van der Waals surface area contributed by atoms with Gasteiger partial charge in [0.2, 0.25) is 5.09 Å². The first kappa shape index (κ1) is 17.6. The molecule has 1 N–H and O–H groups in total. The van der Waals surface area contributed by atoms with Gasteiger partial charge in [-0.2, -0.15) is 13.5 Å². The molecule has 0 aliphatic heterocycles. The molecule has 0 fully saturated rings. The third-order valence-corrected chi connectivity index (χ3v) is 5.56. The van der Waals surface area contributed by atoms with Gasteiger partial charge in [-0.3, -0.25) is 4.72 Å². The van der Waals surface area contributed by atoms with E-state index in [4.69, 9.17) is 16.0 Å². The van der Waals surface area contributed by atoms with E-state index in [0.29, 0.717) is 27.4 Å². The van der Waals surface area contributed by atoms with Crippen molar-refractivity contribution in [3.8, 4) is 5.69 Å². The molecule has 0 atom stereocenters. The van der Waals surface area contributed by atoms with Crippen molar-refractivity contribution >= 4 is 38.3 Å². The molecule has 138 valence electrons. The lowest BCUT2D eigenvalue weighted by Crippen LogP contribution is -2.14. The van der Waals surface area contributed by atoms with Gasteiger partial charge in [-0.1, -0.05) is 29.8 Å². The van der Waals surface area contributed by atoms with Crippen LogP contribution in [0.1, 0.15) is 11.4 Å². The first-order valence-electron chi connectivity index (χ1n) is 8.18. The van der Waals surface area contributed by atoms with Crippen molar-refractivity contribution in [1.29, 1.82) is 0 Å². The fraction of sp³-hybridized carbons (Fsp3) is 0.105. The number of rotatable bonds is 4. The number of anilines is 1. The van der Waals surface area contributed by atoms with Gasteiger partial charge in [0, 0.05) is 22.2 Å². The number of hydrogen-bond donors (Lipinski definition) is 1. The number of para-hydroxylation sites is 1. The van der Waals surface area contributed by atoms with Gasteiger partial charge in [-0.05, 0) is 44.2 Å². The summed E-state index contributed by atoms with van der Waals surface area (Å²) in [5.41, 5.74) is 3.09. The molecule has 2 heterocycles. The number of fused-ring (bicyclic) bond motifs is 1. The predicted molar refractivity (Wildman–Crippen MR) is 105 cm³/mol. The fourth-order valence-electron chi connectivity index (χ4n) is 2.93. The van der Waals surface area contributed by atoms with E-state index in [1.807, 2.05) is 26.0 Å². The molecule has 2 aromatic carbocycles. The van der Waals surface area contributed by atoms with Crippen LogP contribution in [-0.4, -0.2) is 18.2 Å². The van der Waals surface area contributed by atoms with Crippen molar-refractivity contribution in [1.82, 2.24) is 9.78 Å². The maximum atomic E-state index is 12.9. The molecule has 2 aromatic heterocycles. The predicted octanol–water partition coefficient (Wildman–Crippen LogP) is 4.69. The minimum Gasteiger partial charge on any atom is -0.443 e. The first-order valence-corrected chi connectivity index (χ1v) is 10.0. The van der Waals surface area contributed by atoms with E-state index in [2.05, 4.69) is 9.82 Å². The highest BCUT2D eigenvalue weighted by atomic mass is 35.5. The van der Waals surface area contributed by atoms with E-state index in [1.165, 1.54) is 6.07 Å². The number of hydrogen-bond acceptors (Lipinski definition) is 4. The molecular weight excluding hydrogens is 386 g/mol. The number of furan rings is 1. The SMILES string of the molecule is Cc1cc(C)n(-c2ccc(Cl)cc2NS(=O)(=O)c2cc3ccccc3o2)n1. The summed E-state index contributed by atoms with van der Waals surface area (Å²) in [6, 6.07) is 15.5. The number of halogens is 1. The zero-order chi connectivity index (χ0) is 19.2. The normalized spacial score (nSPS) is 11.8. The summed E-state index contributed by atoms with van der Waals surface area (Å²) in [5, 5.41) is 5.38. The standard InChI is InChI=1S/C19H16ClN3O3S/c1-12-9-13(2)23(21-12)17-8-7-15(20)11-16(17)22-27(24,25)19-10-14-5-3-4-6-18(14)26-19/h3-11,22H,1-2H3. The summed E-state index contributed by atoms with van der Waals surface area (Å²) in [5.74, 6) is 0. The van der Waals surface area contributed by atoms with Crippen molar-refractivity contribution in [2.45, 2.75) is 18.9 Å². The number of nitrogens with zero attached hydrogens (tertiary/aromatic N) is 2. The number of nitrogens with one attached hydrogen (secondary N) is 1. The van der Waals surface area contributed by atoms with Gasteiger partial charge < -0.3 is 4.42 Å². The van der Waals surface area contributed by atoms with E-state index >= 15 is 0 Å². The van der Waals surface area contributed by atoms with Crippen LogP contribution in [0, 0.1) is 13.8 Å². The summed E-state index contributed by atoms with van der Waals surface area (Å²) >= 11 is 6.10. The summed E-state index contributed by atoms with van der Waals surface area (Å²) in [4.78, 5) is 0. The Kier molecular flexibility index (Phi) is 4.20. The Labute approximate surface area is 161 Å². The van der Waals surface area contributed by atoms with Gasteiger partial charge in [0.15, 0.2) is 0 Å². The largest absolute Gasteiger partial charge is 0.443 e. The van der Waals surface area contributed by atoms with Crippen molar-refractivity contribution in [3.63, 3.8) is 0 Å². The molecule has 0 aliphatic rings. The molecule has 4 aromatic rings. The second kappa shape index (κ2) is 6.44. The average molecular weight is 402 g/mol. The van der Waals surface area contributed by atoms with E-state index in [1.54, 1.807) is 41.1 Å². The van der Waals surface area contributed by atoms with Crippen LogP contribution in [0.5, 0.6) is 0 Å². The van der Waals surface area contributed by atoms with Crippen LogP contribution in [0.4, 0.5) is 5.69 Å². The summed E-state index contributed by atoms with van der Waals surface area (Å²) in [6.07, 6.45) is 0. The molecule has 0 amide bonds. The molecule has 27 heavy (non-hydrogen) atoms. The van der Waals surface area contributed by atoms with Crippen LogP contribution in [0.3, 0.4) is 0 Å². The highest BCUT2D eigenvalue weighted by Gasteiger charge is 2.22. The molecule has 0 saturated heterocycles. The Balaban J connectivity index is 1.79. The van der Waals surface area contributed by atoms with E-state index < -0.39 is 10.0 Å². The third kappa shape index (κ3) is 3.31. The van der Waals surface area contributed by atoms with Crippen LogP contribution in [-0.2, 0) is 10.0 Å². The van der Waals surface area contributed by atoms with Crippen LogP contribution in [0.2, 0.25) is 5.02 Å². The number of aromatic nitrogens is 2. The molecule has 4 rings (SSSR count). The van der Waals surface area contributed by atoms with Gasteiger partial charge in [-0.15, -0.1) is 0 Å². The summed E-state index contributed by atoms with van der Waals surface area (Å²) in [7, 11) is -3.94. The zero-order valence-electron chi connectivity index (χ0n) is 14.6. The summed E-state index contributed by atoms with van der Waals surface area (Å²) in [6.45, 7) is 3.77. The second-order valence-corrected chi connectivity index (χ2v) is 8.26. The molecule has 0 saturated carbocycles. The third-order valence-electron chi connectivity index (χ3n) is 4.11. The second-order valence-electron chi connectivity index (χ2n) is 6.21. The minimum absolute atomic E-state index is 0.164. The average Bonchev–Trinajstić information content (AvgIpc) is 3.18. The number of aryl methyl sites for hydroxylation is 2. The lowest BCUT2D eigenvalue weighted by Gasteiger charge is -2.13. The van der Waals surface area contributed by atoms with Gasteiger partial charge in [0.1, 0.15) is 5.58 Å². The Bertz CT molecular complexity index is 1230. The first-order chi connectivity index (χ1) is 12.8. The fourth-order valence-corrected chi connectivity index (χ4v) is 4.14. The number of benzene rings is 2. The lowest BCUT2D eigenvalue weighted by atomic mass is 10.2. The van der Waals surface area contributed by atoms with Crippen LogP contribution < -0.4 is 4.72 Å². The minimum atomic E-state index is -3.94. The van der Waals surface area contributed by atoms with Crippen molar-refractivity contribution < 1.29 is 12.8 Å². The zero-order valence-corrected chi connectivity index (χ0v) is 16.2. The molecule has 8 heteroatoms. The Morgan fingerprint density at radius 1 is 1.07 bits per heavy atom. The van der Waals surface area contributed by atoms with Crippen molar-refractivity contribution in [2.75, 3.05) is 4.72 Å². The van der Waals surface area contributed by atoms with Crippen molar-refractivity contribution in [2.24, 2.45) is 0 Å². The lowest BCUT2D eigenvalue weighted by molar-refractivity contribution is 0.484. The topological polar surface area (TPSA) is 77.1 Å². The van der Waals surface area contributed by atoms with E-state index in [9.17, 15) is 8.42 Å². The Morgan fingerprint density at radius 3 is 2.56 bits per heavy atom. The summed E-state index contributed by atoms with van der Waals surface area (Å²) < 4.78 is 35.5. The van der Waals surface area contributed by atoms with Crippen LogP contribution in [0.25, 0.3) is 16.7 Å². The highest BCUT2D eigenvalue weighted by Crippen LogP contribution is 2.29. The molecule has 6 nitrogen and oxygen atoms in total. The quantitative estimate of drug-likeness (QED) is 0.538. The highest BCUT2D eigenvalue weighted by molar-refractivity contribution is 7.92. The monoisotopic (exact) mass is 401 g/mol. The van der Waals surface area contributed by atoms with Crippen LogP contribution in [0.15, 0.2) is 64.1 Å². The van der Waals surface area contributed by atoms with Gasteiger partial charge in [0.05, 0.1) is 17.1 Å². The molecule has 0 spiro atoms. The Morgan fingerprint density at radius 2 is 1.85 bits per heavy atom. The number of sulfonamides is 1. The van der Waals surface area contributed by atoms with Gasteiger partial charge in [0.25, 0.3) is 10.0 Å². The van der Waals surface area contributed by atoms with Crippen LogP contribution >= 0.6 is 11.6 Å². The molecule has 0 bridgehead atoms. The van der Waals surface area contributed by atoms with E-state index in [-0.39, 0.29) is 5.09 Å². The van der Waals surface area contributed by atoms with Gasteiger partial charge in [-0.25, -0.2) is 4.68 Å². The molecule has 0 unspecified atom stereocenters.